The molecule has 3 aromatic carbocycles. The predicted molar refractivity (Wildman–Crippen MR) is 128 cm³/mol. The summed E-state index contributed by atoms with van der Waals surface area (Å²) in [5.41, 5.74) is 4.80. The van der Waals surface area contributed by atoms with Crippen molar-refractivity contribution >= 4 is 32.6 Å². The van der Waals surface area contributed by atoms with Crippen LogP contribution in [0.4, 0.5) is 15.9 Å². The quantitative estimate of drug-likeness (QED) is 0.437. The first kappa shape index (κ1) is 21.5. The van der Waals surface area contributed by atoms with E-state index in [1.165, 1.54) is 30.5 Å². The number of aryl methyl sites for hydroxylation is 1. The van der Waals surface area contributed by atoms with Gasteiger partial charge in [-0.1, -0.05) is 12.1 Å². The summed E-state index contributed by atoms with van der Waals surface area (Å²) in [5.74, 6) is 0.358. The van der Waals surface area contributed by atoms with E-state index in [0.29, 0.717) is 18.1 Å². The number of sulfonamides is 1. The van der Waals surface area contributed by atoms with Gasteiger partial charge in [0.05, 0.1) is 15.9 Å². The molecule has 4 aromatic rings. The monoisotopic (exact) mass is 462 g/mol. The van der Waals surface area contributed by atoms with Crippen molar-refractivity contribution in [2.24, 2.45) is 0 Å². The lowest BCUT2D eigenvalue weighted by atomic mass is 10.0. The van der Waals surface area contributed by atoms with Crippen LogP contribution in [0.5, 0.6) is 0 Å². The topological polar surface area (TPSA) is 66.4 Å². The van der Waals surface area contributed by atoms with E-state index in [2.05, 4.69) is 4.90 Å². The van der Waals surface area contributed by atoms with Crippen LogP contribution in [0.25, 0.3) is 22.3 Å². The van der Waals surface area contributed by atoms with Crippen molar-refractivity contribution in [1.29, 1.82) is 0 Å². The maximum absolute atomic E-state index is 13.6. The standard InChI is InChI=1S/C25H23FN4O2S/c1-29(2)33(31,32)20-13-14-23-18(16-20)6-5-15-30(23)25-24(17-9-11-19(26)12-10-17)27-21-7-3-4-8-22(21)28-25/h3-4,7-14,16H,5-6,15H2,1-2H3. The van der Waals surface area contributed by atoms with Gasteiger partial charge in [0, 0.05) is 31.9 Å². The van der Waals surface area contributed by atoms with Gasteiger partial charge in [0.2, 0.25) is 10.0 Å². The van der Waals surface area contributed by atoms with E-state index in [9.17, 15) is 12.8 Å². The summed E-state index contributed by atoms with van der Waals surface area (Å²) in [7, 11) is -0.468. The van der Waals surface area contributed by atoms with Crippen LogP contribution < -0.4 is 4.90 Å². The molecule has 0 bridgehead atoms. The molecule has 0 amide bonds. The SMILES string of the molecule is CN(C)S(=O)(=O)c1ccc2c(c1)CCCN2c1nc2ccccc2nc1-c1ccc(F)cc1. The molecule has 0 spiro atoms. The zero-order valence-electron chi connectivity index (χ0n) is 18.4. The van der Waals surface area contributed by atoms with E-state index >= 15 is 0 Å². The Labute approximate surface area is 192 Å². The number of halogens is 1. The van der Waals surface area contributed by atoms with Crippen LogP contribution in [0.15, 0.2) is 71.6 Å². The number of aromatic nitrogens is 2. The normalized spacial score (nSPS) is 14.0. The second kappa shape index (κ2) is 8.20. The Morgan fingerprint density at radius 2 is 1.64 bits per heavy atom. The first-order valence-corrected chi connectivity index (χ1v) is 12.1. The lowest BCUT2D eigenvalue weighted by Gasteiger charge is -2.32. The van der Waals surface area contributed by atoms with Gasteiger partial charge < -0.3 is 4.90 Å². The van der Waals surface area contributed by atoms with Gasteiger partial charge in [-0.3, -0.25) is 0 Å². The number of fused-ring (bicyclic) bond motifs is 2. The fraction of sp³-hybridized carbons (Fsp3) is 0.200. The van der Waals surface area contributed by atoms with E-state index in [-0.39, 0.29) is 10.7 Å². The summed E-state index contributed by atoms with van der Waals surface area (Å²) in [5, 5.41) is 0. The molecule has 5 rings (SSSR count). The first-order chi connectivity index (χ1) is 15.8. The third-order valence-corrected chi connectivity index (χ3v) is 7.68. The van der Waals surface area contributed by atoms with Crippen LogP contribution in [0.1, 0.15) is 12.0 Å². The molecule has 0 atom stereocenters. The second-order valence-corrected chi connectivity index (χ2v) is 10.4. The van der Waals surface area contributed by atoms with Crippen LogP contribution in [-0.4, -0.2) is 43.3 Å². The lowest BCUT2D eigenvalue weighted by molar-refractivity contribution is 0.520. The van der Waals surface area contributed by atoms with Crippen LogP contribution in [0.3, 0.4) is 0 Å². The second-order valence-electron chi connectivity index (χ2n) is 8.22. The average Bonchev–Trinajstić information content (AvgIpc) is 2.83. The number of anilines is 2. The Bertz CT molecular complexity index is 1450. The molecule has 1 aliphatic heterocycles. The molecule has 0 fully saturated rings. The minimum Gasteiger partial charge on any atom is -0.324 e. The molecule has 168 valence electrons. The first-order valence-electron chi connectivity index (χ1n) is 10.7. The van der Waals surface area contributed by atoms with Gasteiger partial charge in [-0.05, 0) is 73.0 Å². The van der Waals surface area contributed by atoms with Crippen LogP contribution >= 0.6 is 0 Å². The van der Waals surface area contributed by atoms with Crippen molar-refractivity contribution in [2.45, 2.75) is 17.7 Å². The molecule has 0 N–H and O–H groups in total. The Morgan fingerprint density at radius 3 is 2.33 bits per heavy atom. The Kier molecular flexibility index (Phi) is 5.34. The minimum absolute atomic E-state index is 0.274. The van der Waals surface area contributed by atoms with Gasteiger partial charge in [0.25, 0.3) is 0 Å². The Morgan fingerprint density at radius 1 is 0.939 bits per heavy atom. The maximum Gasteiger partial charge on any atom is 0.242 e. The van der Waals surface area contributed by atoms with Crippen molar-refractivity contribution in [3.8, 4) is 11.3 Å². The molecular formula is C25H23FN4O2S. The van der Waals surface area contributed by atoms with Crippen LogP contribution in [0.2, 0.25) is 0 Å². The summed E-state index contributed by atoms with van der Waals surface area (Å²) >= 11 is 0. The van der Waals surface area contributed by atoms with E-state index in [0.717, 1.165) is 40.7 Å². The molecule has 6 nitrogen and oxygen atoms in total. The number of hydrogen-bond acceptors (Lipinski definition) is 5. The van der Waals surface area contributed by atoms with Crippen molar-refractivity contribution < 1.29 is 12.8 Å². The Hall–Kier alpha value is -3.36. The number of hydrogen-bond donors (Lipinski definition) is 0. The average molecular weight is 463 g/mol. The maximum atomic E-state index is 13.6. The zero-order chi connectivity index (χ0) is 23.2. The van der Waals surface area contributed by atoms with Gasteiger partial charge in [-0.15, -0.1) is 0 Å². The van der Waals surface area contributed by atoms with E-state index in [1.54, 1.807) is 24.3 Å². The minimum atomic E-state index is -3.53. The van der Waals surface area contributed by atoms with Crippen molar-refractivity contribution in [3.63, 3.8) is 0 Å². The van der Waals surface area contributed by atoms with Gasteiger partial charge in [0.15, 0.2) is 5.82 Å². The highest BCUT2D eigenvalue weighted by atomic mass is 32.2. The predicted octanol–water partition coefficient (Wildman–Crippen LogP) is 4.77. The number of nitrogens with zero attached hydrogens (tertiary/aromatic N) is 4. The third-order valence-electron chi connectivity index (χ3n) is 5.87. The van der Waals surface area contributed by atoms with E-state index in [1.807, 2.05) is 30.3 Å². The Balaban J connectivity index is 1.69. The highest BCUT2D eigenvalue weighted by Crippen LogP contribution is 2.39. The third kappa shape index (κ3) is 3.85. The van der Waals surface area contributed by atoms with Gasteiger partial charge in [-0.2, -0.15) is 0 Å². The van der Waals surface area contributed by atoms with E-state index < -0.39 is 10.0 Å². The van der Waals surface area contributed by atoms with Crippen LogP contribution in [-0.2, 0) is 16.4 Å². The van der Waals surface area contributed by atoms with Crippen molar-refractivity contribution in [2.75, 3.05) is 25.5 Å². The largest absolute Gasteiger partial charge is 0.324 e. The summed E-state index contributed by atoms with van der Waals surface area (Å²) in [6.45, 7) is 0.716. The summed E-state index contributed by atoms with van der Waals surface area (Å²) in [6.07, 6.45) is 1.62. The summed E-state index contributed by atoms with van der Waals surface area (Å²) < 4.78 is 40.1. The highest BCUT2D eigenvalue weighted by molar-refractivity contribution is 7.89. The molecule has 8 heteroatoms. The fourth-order valence-corrected chi connectivity index (χ4v) is 5.10. The van der Waals surface area contributed by atoms with Gasteiger partial charge in [0.1, 0.15) is 11.5 Å². The zero-order valence-corrected chi connectivity index (χ0v) is 19.2. The summed E-state index contributed by atoms with van der Waals surface area (Å²) in [6, 6.07) is 19.1. The van der Waals surface area contributed by atoms with Gasteiger partial charge in [-0.25, -0.2) is 27.1 Å². The summed E-state index contributed by atoms with van der Waals surface area (Å²) in [4.78, 5) is 12.2. The van der Waals surface area contributed by atoms with E-state index in [4.69, 9.17) is 9.97 Å². The molecule has 1 aromatic heterocycles. The molecular weight excluding hydrogens is 439 g/mol. The number of para-hydroxylation sites is 2. The highest BCUT2D eigenvalue weighted by Gasteiger charge is 2.26. The molecule has 0 saturated carbocycles. The lowest BCUT2D eigenvalue weighted by Crippen LogP contribution is -2.27. The molecule has 0 saturated heterocycles. The molecule has 2 heterocycles. The van der Waals surface area contributed by atoms with Crippen molar-refractivity contribution in [1.82, 2.24) is 14.3 Å². The van der Waals surface area contributed by atoms with Gasteiger partial charge >= 0.3 is 0 Å². The molecule has 1 aliphatic rings. The molecule has 0 radical (unpaired) electrons. The fourth-order valence-electron chi connectivity index (χ4n) is 4.15. The number of benzene rings is 3. The van der Waals surface area contributed by atoms with Crippen LogP contribution in [0, 0.1) is 5.82 Å². The van der Waals surface area contributed by atoms with Crippen molar-refractivity contribution in [3.05, 3.63) is 78.1 Å². The number of rotatable bonds is 4. The smallest absolute Gasteiger partial charge is 0.242 e. The molecule has 33 heavy (non-hydrogen) atoms. The molecule has 0 aliphatic carbocycles. The molecule has 0 unspecified atom stereocenters.